The number of hydrogen-bond donors (Lipinski definition) is 0. The highest BCUT2D eigenvalue weighted by molar-refractivity contribution is 7.99. The number of benzene rings is 1. The molecule has 0 aliphatic heterocycles. The maximum absolute atomic E-state index is 11.6. The molecule has 1 rings (SSSR count). The molecule has 0 spiro atoms. The summed E-state index contributed by atoms with van der Waals surface area (Å²) < 4.78 is 0. The molecular weight excluding hydrogens is 192 g/mol. The monoisotopic (exact) mass is 208 g/mol. The standard InChI is InChI=1S/C12H16OS/c1-3-9-14-12-8-6-5-7-10(12)11(13)4-2/h5-8H,3-4,9H2,1-2H3. The lowest BCUT2D eigenvalue weighted by atomic mass is 10.1. The number of hydrogen-bond acceptors (Lipinski definition) is 2. The predicted octanol–water partition coefficient (Wildman–Crippen LogP) is 3.78. The van der Waals surface area contributed by atoms with Crippen LogP contribution in [-0.4, -0.2) is 11.5 Å². The molecule has 0 aliphatic rings. The van der Waals surface area contributed by atoms with Gasteiger partial charge in [-0.3, -0.25) is 4.79 Å². The van der Waals surface area contributed by atoms with Crippen molar-refractivity contribution in [3.63, 3.8) is 0 Å². The Kier molecular flexibility index (Phi) is 4.74. The molecule has 1 aromatic rings. The van der Waals surface area contributed by atoms with Gasteiger partial charge in [-0.25, -0.2) is 0 Å². The van der Waals surface area contributed by atoms with Gasteiger partial charge < -0.3 is 0 Å². The molecule has 2 heteroatoms. The van der Waals surface area contributed by atoms with Gasteiger partial charge in [0.15, 0.2) is 5.78 Å². The predicted molar refractivity (Wildman–Crippen MR) is 62.1 cm³/mol. The van der Waals surface area contributed by atoms with Crippen molar-refractivity contribution < 1.29 is 4.79 Å². The third-order valence-electron chi connectivity index (χ3n) is 1.97. The number of thioether (sulfide) groups is 1. The van der Waals surface area contributed by atoms with E-state index in [1.807, 2.05) is 31.2 Å². The lowest BCUT2D eigenvalue weighted by Crippen LogP contribution is -1.98. The average molecular weight is 208 g/mol. The molecule has 0 saturated carbocycles. The van der Waals surface area contributed by atoms with Crippen molar-refractivity contribution in [2.75, 3.05) is 5.75 Å². The zero-order valence-electron chi connectivity index (χ0n) is 8.75. The summed E-state index contributed by atoms with van der Waals surface area (Å²) in [7, 11) is 0. The quantitative estimate of drug-likeness (QED) is 0.541. The molecule has 0 heterocycles. The molecule has 0 aromatic heterocycles. The lowest BCUT2D eigenvalue weighted by Gasteiger charge is -2.05. The second-order valence-corrected chi connectivity index (χ2v) is 4.26. The minimum absolute atomic E-state index is 0.240. The highest BCUT2D eigenvalue weighted by Crippen LogP contribution is 2.24. The second-order valence-electron chi connectivity index (χ2n) is 3.12. The maximum Gasteiger partial charge on any atom is 0.163 e. The van der Waals surface area contributed by atoms with Crippen LogP contribution in [0.15, 0.2) is 29.2 Å². The molecule has 0 bridgehead atoms. The van der Waals surface area contributed by atoms with Crippen LogP contribution >= 0.6 is 11.8 Å². The van der Waals surface area contributed by atoms with E-state index in [1.54, 1.807) is 11.8 Å². The van der Waals surface area contributed by atoms with E-state index in [9.17, 15) is 4.79 Å². The Morgan fingerprint density at radius 3 is 2.64 bits per heavy atom. The molecule has 1 nitrogen and oxygen atoms in total. The van der Waals surface area contributed by atoms with Crippen LogP contribution in [0.5, 0.6) is 0 Å². The van der Waals surface area contributed by atoms with Crippen LogP contribution in [0.2, 0.25) is 0 Å². The Balaban J connectivity index is 2.85. The van der Waals surface area contributed by atoms with Crippen molar-refractivity contribution >= 4 is 17.5 Å². The third-order valence-corrected chi connectivity index (χ3v) is 3.25. The third kappa shape index (κ3) is 2.88. The fourth-order valence-electron chi connectivity index (χ4n) is 1.23. The molecule has 0 unspecified atom stereocenters. The maximum atomic E-state index is 11.6. The Morgan fingerprint density at radius 1 is 1.29 bits per heavy atom. The van der Waals surface area contributed by atoms with E-state index < -0.39 is 0 Å². The number of carbonyl (C=O) groups excluding carboxylic acids is 1. The van der Waals surface area contributed by atoms with E-state index in [-0.39, 0.29) is 5.78 Å². The summed E-state index contributed by atoms with van der Waals surface area (Å²) in [5, 5.41) is 0. The van der Waals surface area contributed by atoms with Gasteiger partial charge in [0.1, 0.15) is 0 Å². The highest BCUT2D eigenvalue weighted by Gasteiger charge is 2.08. The number of ketones is 1. The zero-order valence-corrected chi connectivity index (χ0v) is 9.56. The topological polar surface area (TPSA) is 17.1 Å². The van der Waals surface area contributed by atoms with Crippen molar-refractivity contribution in [3.05, 3.63) is 29.8 Å². The number of rotatable bonds is 5. The van der Waals surface area contributed by atoms with Crippen LogP contribution in [0.4, 0.5) is 0 Å². The summed E-state index contributed by atoms with van der Waals surface area (Å²) in [5.74, 6) is 1.32. The largest absolute Gasteiger partial charge is 0.294 e. The number of Topliss-reactive ketones (excluding diaryl/α,β-unsaturated/α-hetero) is 1. The first kappa shape index (κ1) is 11.3. The van der Waals surface area contributed by atoms with Crippen LogP contribution in [0.1, 0.15) is 37.0 Å². The van der Waals surface area contributed by atoms with Crippen LogP contribution in [0.3, 0.4) is 0 Å². The Labute approximate surface area is 89.9 Å². The van der Waals surface area contributed by atoms with Crippen LogP contribution in [-0.2, 0) is 0 Å². The number of carbonyl (C=O) groups is 1. The first-order chi connectivity index (χ1) is 6.79. The summed E-state index contributed by atoms with van der Waals surface area (Å²) in [6, 6.07) is 7.87. The van der Waals surface area contributed by atoms with E-state index >= 15 is 0 Å². The Bertz CT molecular complexity index is 307. The summed E-state index contributed by atoms with van der Waals surface area (Å²) in [4.78, 5) is 12.7. The first-order valence-electron chi connectivity index (χ1n) is 5.04. The van der Waals surface area contributed by atoms with E-state index in [1.165, 1.54) is 0 Å². The van der Waals surface area contributed by atoms with Crippen molar-refractivity contribution in [2.24, 2.45) is 0 Å². The SMILES string of the molecule is CCCSc1ccccc1C(=O)CC. The second kappa shape index (κ2) is 5.86. The van der Waals surface area contributed by atoms with Gasteiger partial charge in [-0.15, -0.1) is 11.8 Å². The van der Waals surface area contributed by atoms with Gasteiger partial charge in [-0.1, -0.05) is 32.0 Å². The molecule has 0 atom stereocenters. The Morgan fingerprint density at radius 2 is 2.00 bits per heavy atom. The van der Waals surface area contributed by atoms with E-state index in [2.05, 4.69) is 6.92 Å². The molecule has 0 fully saturated rings. The molecule has 0 N–H and O–H groups in total. The van der Waals surface area contributed by atoms with Crippen molar-refractivity contribution in [2.45, 2.75) is 31.6 Å². The van der Waals surface area contributed by atoms with Crippen LogP contribution in [0.25, 0.3) is 0 Å². The summed E-state index contributed by atoms with van der Waals surface area (Å²) in [6.45, 7) is 4.06. The summed E-state index contributed by atoms with van der Waals surface area (Å²) in [5.41, 5.74) is 0.883. The zero-order chi connectivity index (χ0) is 10.4. The Hall–Kier alpha value is -0.760. The minimum atomic E-state index is 0.240. The van der Waals surface area contributed by atoms with Crippen molar-refractivity contribution in [3.8, 4) is 0 Å². The highest BCUT2D eigenvalue weighted by atomic mass is 32.2. The van der Waals surface area contributed by atoms with Crippen molar-refractivity contribution in [1.29, 1.82) is 0 Å². The van der Waals surface area contributed by atoms with Gasteiger partial charge in [0.25, 0.3) is 0 Å². The molecule has 0 saturated heterocycles. The average Bonchev–Trinajstić information content (AvgIpc) is 2.25. The van der Waals surface area contributed by atoms with Crippen LogP contribution in [0, 0.1) is 0 Å². The molecule has 0 aliphatic carbocycles. The fourth-order valence-corrected chi connectivity index (χ4v) is 2.16. The summed E-state index contributed by atoms with van der Waals surface area (Å²) >= 11 is 1.77. The fraction of sp³-hybridized carbons (Fsp3) is 0.417. The lowest BCUT2D eigenvalue weighted by molar-refractivity contribution is 0.0985. The minimum Gasteiger partial charge on any atom is -0.294 e. The molecule has 14 heavy (non-hydrogen) atoms. The van der Waals surface area contributed by atoms with Crippen LogP contribution < -0.4 is 0 Å². The smallest absolute Gasteiger partial charge is 0.163 e. The van der Waals surface area contributed by atoms with Crippen molar-refractivity contribution in [1.82, 2.24) is 0 Å². The molecule has 1 aromatic carbocycles. The van der Waals surface area contributed by atoms with E-state index in [4.69, 9.17) is 0 Å². The van der Waals surface area contributed by atoms with Gasteiger partial charge in [0.2, 0.25) is 0 Å². The van der Waals surface area contributed by atoms with Gasteiger partial charge in [0, 0.05) is 16.9 Å². The van der Waals surface area contributed by atoms with E-state index in [0.29, 0.717) is 6.42 Å². The first-order valence-corrected chi connectivity index (χ1v) is 6.03. The van der Waals surface area contributed by atoms with E-state index in [0.717, 1.165) is 22.6 Å². The molecular formula is C12H16OS. The summed E-state index contributed by atoms with van der Waals surface area (Å²) in [6.07, 6.45) is 1.73. The normalized spacial score (nSPS) is 10.1. The van der Waals surface area contributed by atoms with Gasteiger partial charge in [-0.05, 0) is 18.2 Å². The molecule has 76 valence electrons. The van der Waals surface area contributed by atoms with Gasteiger partial charge >= 0.3 is 0 Å². The van der Waals surface area contributed by atoms with Gasteiger partial charge in [0.05, 0.1) is 0 Å². The molecule has 0 amide bonds. The molecule has 0 radical (unpaired) electrons. The van der Waals surface area contributed by atoms with Gasteiger partial charge in [-0.2, -0.15) is 0 Å².